The summed E-state index contributed by atoms with van der Waals surface area (Å²) in [6.45, 7) is 2.59. The van der Waals surface area contributed by atoms with Crippen molar-refractivity contribution >= 4 is 27.3 Å². The zero-order chi connectivity index (χ0) is 15.6. The van der Waals surface area contributed by atoms with E-state index in [1.54, 1.807) is 0 Å². The van der Waals surface area contributed by atoms with Gasteiger partial charge in [0.05, 0.1) is 11.4 Å². The zero-order valence-electron chi connectivity index (χ0n) is 11.7. The molecule has 0 saturated carbocycles. The standard InChI is InChI=1S/C13H18FN3O3S/c1-2-5-16-11-4-3-9(14)6-12(11)17-8-10(7-13(17)18)21(15,19)20/h3-4,6,10,16H,2,5,7-8H2,1H3,(H2,15,19,20). The molecule has 6 nitrogen and oxygen atoms in total. The van der Waals surface area contributed by atoms with E-state index in [1.165, 1.54) is 23.1 Å². The number of nitrogens with two attached hydrogens (primary N) is 1. The minimum Gasteiger partial charge on any atom is -0.383 e. The van der Waals surface area contributed by atoms with Crippen molar-refractivity contribution in [1.82, 2.24) is 0 Å². The highest BCUT2D eigenvalue weighted by atomic mass is 32.2. The summed E-state index contributed by atoms with van der Waals surface area (Å²) in [5.74, 6) is -0.863. The Morgan fingerprint density at radius 1 is 1.48 bits per heavy atom. The molecule has 2 rings (SSSR count). The molecular formula is C13H18FN3O3S. The van der Waals surface area contributed by atoms with Gasteiger partial charge in [0.2, 0.25) is 15.9 Å². The lowest BCUT2D eigenvalue weighted by atomic mass is 10.2. The van der Waals surface area contributed by atoms with Gasteiger partial charge in [-0.05, 0) is 24.6 Å². The van der Waals surface area contributed by atoms with Gasteiger partial charge in [-0.25, -0.2) is 17.9 Å². The number of halogens is 1. The molecule has 3 N–H and O–H groups in total. The molecule has 1 aromatic carbocycles. The summed E-state index contributed by atoms with van der Waals surface area (Å²) in [6.07, 6.45) is 0.688. The van der Waals surface area contributed by atoms with Crippen LogP contribution in [-0.2, 0) is 14.8 Å². The van der Waals surface area contributed by atoms with Crippen molar-refractivity contribution < 1.29 is 17.6 Å². The molecule has 1 amide bonds. The number of primary sulfonamides is 1. The minimum atomic E-state index is -3.79. The molecule has 0 spiro atoms. The summed E-state index contributed by atoms with van der Waals surface area (Å²) in [5, 5.41) is 7.24. The third kappa shape index (κ3) is 3.51. The van der Waals surface area contributed by atoms with E-state index in [-0.39, 0.29) is 18.9 Å². The molecule has 1 aromatic rings. The first-order chi connectivity index (χ1) is 9.82. The van der Waals surface area contributed by atoms with Crippen molar-refractivity contribution in [3.8, 4) is 0 Å². The molecule has 0 aromatic heterocycles. The molecule has 1 heterocycles. The van der Waals surface area contributed by atoms with Gasteiger partial charge in [0.15, 0.2) is 0 Å². The number of carbonyl (C=O) groups excluding carboxylic acids is 1. The maximum Gasteiger partial charge on any atom is 0.228 e. The van der Waals surface area contributed by atoms with Gasteiger partial charge in [-0.3, -0.25) is 4.79 Å². The SMILES string of the molecule is CCCNc1ccc(F)cc1N1CC(S(N)(=O)=O)CC1=O. The molecule has 21 heavy (non-hydrogen) atoms. The molecule has 0 bridgehead atoms. The second kappa shape index (κ2) is 5.98. The predicted molar refractivity (Wildman–Crippen MR) is 79.0 cm³/mol. The van der Waals surface area contributed by atoms with E-state index in [2.05, 4.69) is 5.32 Å². The van der Waals surface area contributed by atoms with Crippen molar-refractivity contribution in [3.63, 3.8) is 0 Å². The molecule has 1 aliphatic rings. The number of nitrogens with one attached hydrogen (secondary N) is 1. The molecule has 0 radical (unpaired) electrons. The van der Waals surface area contributed by atoms with Crippen LogP contribution in [0.3, 0.4) is 0 Å². The largest absolute Gasteiger partial charge is 0.383 e. The highest BCUT2D eigenvalue weighted by molar-refractivity contribution is 7.89. The summed E-state index contributed by atoms with van der Waals surface area (Å²) in [5.41, 5.74) is 0.946. The van der Waals surface area contributed by atoms with E-state index in [4.69, 9.17) is 5.14 Å². The van der Waals surface area contributed by atoms with Crippen molar-refractivity contribution in [2.24, 2.45) is 5.14 Å². The number of benzene rings is 1. The lowest BCUT2D eigenvalue weighted by molar-refractivity contribution is -0.117. The molecular weight excluding hydrogens is 297 g/mol. The number of sulfonamides is 1. The average Bonchev–Trinajstić information content (AvgIpc) is 2.79. The number of hydrogen-bond donors (Lipinski definition) is 2. The van der Waals surface area contributed by atoms with Gasteiger partial charge in [-0.1, -0.05) is 6.92 Å². The van der Waals surface area contributed by atoms with Crippen LogP contribution in [0, 0.1) is 5.82 Å². The number of anilines is 2. The van der Waals surface area contributed by atoms with E-state index in [0.29, 0.717) is 17.9 Å². The van der Waals surface area contributed by atoms with Crippen molar-refractivity contribution in [1.29, 1.82) is 0 Å². The third-order valence-electron chi connectivity index (χ3n) is 3.37. The summed E-state index contributed by atoms with van der Waals surface area (Å²) < 4.78 is 36.3. The molecule has 116 valence electrons. The second-order valence-electron chi connectivity index (χ2n) is 5.01. The van der Waals surface area contributed by atoms with Gasteiger partial charge in [-0.15, -0.1) is 0 Å². The number of nitrogens with zero attached hydrogens (tertiary/aromatic N) is 1. The number of hydrogen-bond acceptors (Lipinski definition) is 4. The van der Waals surface area contributed by atoms with Crippen LogP contribution in [-0.4, -0.2) is 32.7 Å². The van der Waals surface area contributed by atoms with Crippen LogP contribution in [0.4, 0.5) is 15.8 Å². The molecule has 8 heteroatoms. The molecule has 1 saturated heterocycles. The molecule has 1 aliphatic heterocycles. The predicted octanol–water partition coefficient (Wildman–Crippen LogP) is 1.04. The van der Waals surface area contributed by atoms with Crippen LogP contribution < -0.4 is 15.4 Å². The summed E-state index contributed by atoms with van der Waals surface area (Å²) in [7, 11) is -3.79. The van der Waals surface area contributed by atoms with Gasteiger partial charge in [0.1, 0.15) is 11.1 Å². The van der Waals surface area contributed by atoms with E-state index in [9.17, 15) is 17.6 Å². The number of amides is 1. The van der Waals surface area contributed by atoms with Crippen LogP contribution in [0.5, 0.6) is 0 Å². The average molecular weight is 315 g/mol. The van der Waals surface area contributed by atoms with Gasteiger partial charge in [0, 0.05) is 19.5 Å². The Morgan fingerprint density at radius 2 is 2.19 bits per heavy atom. The summed E-state index contributed by atoms with van der Waals surface area (Å²) in [4.78, 5) is 13.3. The molecule has 1 fully saturated rings. The number of carbonyl (C=O) groups is 1. The first kappa shape index (κ1) is 15.7. The Hall–Kier alpha value is -1.67. The summed E-state index contributed by atoms with van der Waals surface area (Å²) in [6, 6.07) is 4.05. The fraction of sp³-hybridized carbons (Fsp3) is 0.462. The lowest BCUT2D eigenvalue weighted by Crippen LogP contribution is -2.32. The van der Waals surface area contributed by atoms with Crippen molar-refractivity contribution in [2.75, 3.05) is 23.3 Å². The summed E-state index contributed by atoms with van der Waals surface area (Å²) >= 11 is 0. The smallest absolute Gasteiger partial charge is 0.228 e. The number of rotatable bonds is 5. The topological polar surface area (TPSA) is 92.5 Å². The molecule has 0 aliphatic carbocycles. The van der Waals surface area contributed by atoms with E-state index in [0.717, 1.165) is 6.42 Å². The fourth-order valence-electron chi connectivity index (χ4n) is 2.26. The monoisotopic (exact) mass is 315 g/mol. The highest BCUT2D eigenvalue weighted by Crippen LogP contribution is 2.31. The van der Waals surface area contributed by atoms with Gasteiger partial charge < -0.3 is 10.2 Å². The van der Waals surface area contributed by atoms with E-state index in [1.807, 2.05) is 6.92 Å². The van der Waals surface area contributed by atoms with E-state index < -0.39 is 21.1 Å². The van der Waals surface area contributed by atoms with Crippen molar-refractivity contribution in [2.45, 2.75) is 25.0 Å². The maximum atomic E-state index is 13.5. The molecule has 1 unspecified atom stereocenters. The zero-order valence-corrected chi connectivity index (χ0v) is 12.5. The normalized spacial score (nSPS) is 19.1. The first-order valence-corrected chi connectivity index (χ1v) is 8.29. The van der Waals surface area contributed by atoms with Crippen LogP contribution in [0.2, 0.25) is 0 Å². The van der Waals surface area contributed by atoms with Gasteiger partial charge in [0.25, 0.3) is 0 Å². The van der Waals surface area contributed by atoms with E-state index >= 15 is 0 Å². The maximum absolute atomic E-state index is 13.5. The minimum absolute atomic E-state index is 0.0536. The quantitative estimate of drug-likeness (QED) is 0.849. The van der Waals surface area contributed by atoms with Crippen LogP contribution in [0.15, 0.2) is 18.2 Å². The Morgan fingerprint density at radius 3 is 2.76 bits per heavy atom. The second-order valence-corrected chi connectivity index (χ2v) is 6.85. The Balaban J connectivity index is 2.33. The first-order valence-electron chi connectivity index (χ1n) is 6.68. The highest BCUT2D eigenvalue weighted by Gasteiger charge is 2.38. The van der Waals surface area contributed by atoms with Crippen LogP contribution in [0.1, 0.15) is 19.8 Å². The Bertz CT molecular complexity index is 648. The fourth-order valence-corrected chi connectivity index (χ4v) is 3.00. The molecule has 1 atom stereocenters. The Labute approximate surface area is 123 Å². The van der Waals surface area contributed by atoms with Crippen molar-refractivity contribution in [3.05, 3.63) is 24.0 Å². The van der Waals surface area contributed by atoms with Gasteiger partial charge >= 0.3 is 0 Å². The third-order valence-corrected chi connectivity index (χ3v) is 4.62. The van der Waals surface area contributed by atoms with Gasteiger partial charge in [-0.2, -0.15) is 0 Å². The van der Waals surface area contributed by atoms with Crippen LogP contribution in [0.25, 0.3) is 0 Å². The lowest BCUT2D eigenvalue weighted by Gasteiger charge is -2.21. The van der Waals surface area contributed by atoms with Crippen LogP contribution >= 0.6 is 0 Å². The Kier molecular flexibility index (Phi) is 4.48.